The second-order valence-electron chi connectivity index (χ2n) is 4.94. The summed E-state index contributed by atoms with van der Waals surface area (Å²) in [6.07, 6.45) is 3.36. The Kier molecular flexibility index (Phi) is 4.72. The Hall–Kier alpha value is -1.89. The first-order chi connectivity index (χ1) is 10.8. The van der Waals surface area contributed by atoms with Gasteiger partial charge < -0.3 is 14.5 Å². The predicted octanol–water partition coefficient (Wildman–Crippen LogP) is 2.36. The zero-order valence-corrected chi connectivity index (χ0v) is 14.0. The lowest BCUT2D eigenvalue weighted by molar-refractivity contribution is 0.327. The van der Waals surface area contributed by atoms with Gasteiger partial charge in [-0.05, 0) is 28.9 Å². The number of hydrogen-bond donors (Lipinski definition) is 0. The van der Waals surface area contributed by atoms with Crippen molar-refractivity contribution in [3.05, 3.63) is 35.2 Å². The molecule has 116 valence electrons. The number of nitrogens with zero attached hydrogens (tertiary/aromatic N) is 5. The van der Waals surface area contributed by atoms with Crippen LogP contribution in [0.2, 0.25) is 0 Å². The van der Waals surface area contributed by atoms with Crippen LogP contribution in [0, 0.1) is 0 Å². The molecule has 0 unspecified atom stereocenters. The van der Waals surface area contributed by atoms with Crippen LogP contribution in [0.25, 0.3) is 0 Å². The van der Waals surface area contributed by atoms with Crippen molar-refractivity contribution in [2.45, 2.75) is 6.92 Å². The van der Waals surface area contributed by atoms with E-state index in [2.05, 4.69) is 40.7 Å². The van der Waals surface area contributed by atoms with Gasteiger partial charge in [0, 0.05) is 38.4 Å². The van der Waals surface area contributed by atoms with Crippen molar-refractivity contribution >= 4 is 27.6 Å². The highest BCUT2D eigenvalue weighted by molar-refractivity contribution is 9.10. The molecule has 6 nitrogen and oxygen atoms in total. The number of aromatic nitrogens is 3. The highest BCUT2D eigenvalue weighted by Gasteiger charge is 2.20. The van der Waals surface area contributed by atoms with E-state index in [0.717, 1.165) is 42.3 Å². The standard InChI is InChI=1S/C15H18BrN5O/c1-2-22-14-5-3-4-13(19-14)20-6-8-21(9-7-20)15-12(16)10-17-11-18-15/h3-5,10-11H,2,6-9H2,1H3. The molecular formula is C15H18BrN5O. The van der Waals surface area contributed by atoms with Gasteiger partial charge in [0.05, 0.1) is 11.1 Å². The molecule has 0 aromatic carbocycles. The van der Waals surface area contributed by atoms with E-state index in [4.69, 9.17) is 4.74 Å². The SMILES string of the molecule is CCOc1cccc(N2CCN(c3ncncc3Br)CC2)n1. The molecule has 0 aliphatic carbocycles. The zero-order chi connectivity index (χ0) is 15.4. The molecule has 2 aromatic rings. The smallest absolute Gasteiger partial charge is 0.215 e. The predicted molar refractivity (Wildman–Crippen MR) is 89.6 cm³/mol. The number of rotatable bonds is 4. The molecule has 1 fully saturated rings. The van der Waals surface area contributed by atoms with Crippen molar-refractivity contribution in [3.8, 4) is 5.88 Å². The van der Waals surface area contributed by atoms with Crippen LogP contribution in [-0.4, -0.2) is 47.7 Å². The minimum atomic E-state index is 0.631. The molecule has 0 saturated carbocycles. The van der Waals surface area contributed by atoms with Crippen LogP contribution in [0.15, 0.2) is 35.2 Å². The van der Waals surface area contributed by atoms with E-state index < -0.39 is 0 Å². The second kappa shape index (κ2) is 6.91. The Labute approximate surface area is 138 Å². The van der Waals surface area contributed by atoms with Crippen LogP contribution >= 0.6 is 15.9 Å². The first-order valence-corrected chi connectivity index (χ1v) is 8.12. The lowest BCUT2D eigenvalue weighted by atomic mass is 10.3. The fourth-order valence-electron chi connectivity index (χ4n) is 2.49. The molecular weight excluding hydrogens is 346 g/mol. The highest BCUT2D eigenvalue weighted by atomic mass is 79.9. The number of piperazine rings is 1. The van der Waals surface area contributed by atoms with Crippen LogP contribution < -0.4 is 14.5 Å². The minimum Gasteiger partial charge on any atom is -0.478 e. The van der Waals surface area contributed by atoms with E-state index in [-0.39, 0.29) is 0 Å². The average Bonchev–Trinajstić information content (AvgIpc) is 2.56. The molecule has 0 N–H and O–H groups in total. The quantitative estimate of drug-likeness (QED) is 0.830. The van der Waals surface area contributed by atoms with Crippen LogP contribution in [0.3, 0.4) is 0 Å². The largest absolute Gasteiger partial charge is 0.478 e. The molecule has 1 aliphatic rings. The van der Waals surface area contributed by atoms with Crippen molar-refractivity contribution in [2.24, 2.45) is 0 Å². The monoisotopic (exact) mass is 363 g/mol. The lowest BCUT2D eigenvalue weighted by Crippen LogP contribution is -2.47. The highest BCUT2D eigenvalue weighted by Crippen LogP contribution is 2.24. The van der Waals surface area contributed by atoms with Crippen molar-refractivity contribution in [3.63, 3.8) is 0 Å². The first kappa shape index (κ1) is 15.0. The van der Waals surface area contributed by atoms with E-state index in [0.29, 0.717) is 12.5 Å². The van der Waals surface area contributed by atoms with E-state index >= 15 is 0 Å². The normalized spacial score (nSPS) is 15.0. The molecule has 0 spiro atoms. The molecule has 2 aromatic heterocycles. The summed E-state index contributed by atoms with van der Waals surface area (Å²) < 4.78 is 6.40. The molecule has 7 heteroatoms. The lowest BCUT2D eigenvalue weighted by Gasteiger charge is -2.36. The molecule has 3 rings (SSSR count). The Balaban J connectivity index is 1.67. The van der Waals surface area contributed by atoms with Gasteiger partial charge >= 0.3 is 0 Å². The van der Waals surface area contributed by atoms with Gasteiger partial charge in [0.25, 0.3) is 0 Å². The summed E-state index contributed by atoms with van der Waals surface area (Å²) in [6, 6.07) is 5.90. The maximum atomic E-state index is 5.47. The Morgan fingerprint density at radius 3 is 2.68 bits per heavy atom. The third-order valence-corrected chi connectivity index (χ3v) is 4.11. The molecule has 0 atom stereocenters. The number of anilines is 2. The zero-order valence-electron chi connectivity index (χ0n) is 12.4. The van der Waals surface area contributed by atoms with Crippen molar-refractivity contribution < 1.29 is 4.74 Å². The third kappa shape index (κ3) is 3.30. The van der Waals surface area contributed by atoms with Gasteiger partial charge in [-0.15, -0.1) is 0 Å². The fraction of sp³-hybridized carbons (Fsp3) is 0.400. The summed E-state index contributed by atoms with van der Waals surface area (Å²) in [5, 5.41) is 0. The summed E-state index contributed by atoms with van der Waals surface area (Å²) in [7, 11) is 0. The Bertz CT molecular complexity index is 631. The maximum Gasteiger partial charge on any atom is 0.215 e. The summed E-state index contributed by atoms with van der Waals surface area (Å²) in [6.45, 7) is 6.20. The van der Waals surface area contributed by atoms with E-state index in [1.165, 1.54) is 0 Å². The number of ether oxygens (including phenoxy) is 1. The molecule has 0 amide bonds. The number of pyridine rings is 1. The maximum absolute atomic E-state index is 5.47. The topological polar surface area (TPSA) is 54.4 Å². The second-order valence-corrected chi connectivity index (χ2v) is 5.79. The van der Waals surface area contributed by atoms with Crippen molar-refractivity contribution in [1.29, 1.82) is 0 Å². The van der Waals surface area contributed by atoms with Crippen LogP contribution in [0.5, 0.6) is 5.88 Å². The van der Waals surface area contributed by atoms with Crippen LogP contribution in [0.4, 0.5) is 11.6 Å². The summed E-state index contributed by atoms with van der Waals surface area (Å²) in [4.78, 5) is 17.4. The molecule has 0 radical (unpaired) electrons. The van der Waals surface area contributed by atoms with Gasteiger partial charge in [-0.2, -0.15) is 4.98 Å². The molecule has 3 heterocycles. The molecule has 0 bridgehead atoms. The van der Waals surface area contributed by atoms with Crippen molar-refractivity contribution in [1.82, 2.24) is 15.0 Å². The van der Waals surface area contributed by atoms with Crippen LogP contribution in [-0.2, 0) is 0 Å². The summed E-state index contributed by atoms with van der Waals surface area (Å²) >= 11 is 3.51. The van der Waals surface area contributed by atoms with Gasteiger partial charge in [-0.25, -0.2) is 9.97 Å². The van der Waals surface area contributed by atoms with Crippen molar-refractivity contribution in [2.75, 3.05) is 42.6 Å². The summed E-state index contributed by atoms with van der Waals surface area (Å²) in [5.74, 6) is 2.60. The summed E-state index contributed by atoms with van der Waals surface area (Å²) in [5.41, 5.74) is 0. The van der Waals surface area contributed by atoms with Crippen LogP contribution in [0.1, 0.15) is 6.92 Å². The minimum absolute atomic E-state index is 0.631. The van der Waals surface area contributed by atoms with Gasteiger partial charge in [-0.3, -0.25) is 0 Å². The van der Waals surface area contributed by atoms with Gasteiger partial charge in [-0.1, -0.05) is 6.07 Å². The van der Waals surface area contributed by atoms with Gasteiger partial charge in [0.1, 0.15) is 18.0 Å². The number of hydrogen-bond acceptors (Lipinski definition) is 6. The van der Waals surface area contributed by atoms with Gasteiger partial charge in [0.2, 0.25) is 5.88 Å². The molecule has 22 heavy (non-hydrogen) atoms. The van der Waals surface area contributed by atoms with Gasteiger partial charge in [0.15, 0.2) is 0 Å². The Morgan fingerprint density at radius 1 is 1.18 bits per heavy atom. The Morgan fingerprint density at radius 2 is 1.95 bits per heavy atom. The first-order valence-electron chi connectivity index (χ1n) is 7.33. The number of halogens is 1. The fourth-order valence-corrected chi connectivity index (χ4v) is 2.97. The van der Waals surface area contributed by atoms with E-state index in [1.807, 2.05) is 25.1 Å². The molecule has 1 saturated heterocycles. The average molecular weight is 364 g/mol. The molecule has 1 aliphatic heterocycles. The van der Waals surface area contributed by atoms with E-state index in [9.17, 15) is 0 Å². The third-order valence-electron chi connectivity index (χ3n) is 3.55. The van der Waals surface area contributed by atoms with E-state index in [1.54, 1.807) is 12.5 Å².